The molecule has 3 heteroatoms. The average molecular weight is 161 g/mol. The van der Waals surface area contributed by atoms with Crippen molar-refractivity contribution < 1.29 is 9.53 Å². The normalized spacial score (nSPS) is 8.67. The predicted octanol–water partition coefficient (Wildman–Crippen LogP) is 0.988. The lowest BCUT2D eigenvalue weighted by Crippen LogP contribution is -2.03. The van der Waals surface area contributed by atoms with Crippen LogP contribution in [0.1, 0.15) is 12.6 Å². The number of rotatable bonds is 1. The molecule has 3 nitrogen and oxygen atoms in total. The zero-order valence-electron chi connectivity index (χ0n) is 6.57. The van der Waals surface area contributed by atoms with Crippen LogP contribution in [0.25, 0.3) is 0 Å². The summed E-state index contributed by atoms with van der Waals surface area (Å²) >= 11 is 0. The second-order valence-electron chi connectivity index (χ2n) is 2.10. The van der Waals surface area contributed by atoms with Crippen molar-refractivity contribution in [1.82, 2.24) is 4.98 Å². The number of carbonyl (C=O) groups excluding carboxylic acids is 1. The molecule has 1 rings (SSSR count). The van der Waals surface area contributed by atoms with Gasteiger partial charge in [0, 0.05) is 13.0 Å². The van der Waals surface area contributed by atoms with Crippen LogP contribution in [0.2, 0.25) is 0 Å². The topological polar surface area (TPSA) is 39.2 Å². The standard InChI is InChI=1S/C9H7NO2/c1-3-8-5-4-6-9(10-8)12-7(2)11/h1,4-6H,2H3. The molecule has 0 saturated carbocycles. The smallest absolute Gasteiger partial charge is 0.309 e. The molecule has 0 unspecified atom stereocenters. The monoisotopic (exact) mass is 161 g/mol. The Hall–Kier alpha value is -1.82. The summed E-state index contributed by atoms with van der Waals surface area (Å²) in [6.45, 7) is 1.31. The van der Waals surface area contributed by atoms with Crippen molar-refractivity contribution >= 4 is 5.97 Å². The largest absolute Gasteiger partial charge is 0.408 e. The van der Waals surface area contributed by atoms with Crippen molar-refractivity contribution in [3.63, 3.8) is 0 Å². The molecule has 0 spiro atoms. The number of esters is 1. The molecule has 0 atom stereocenters. The van der Waals surface area contributed by atoms with E-state index in [1.807, 2.05) is 0 Å². The summed E-state index contributed by atoms with van der Waals surface area (Å²) in [6.07, 6.45) is 5.10. The Kier molecular flexibility index (Phi) is 2.44. The van der Waals surface area contributed by atoms with Crippen LogP contribution in [-0.2, 0) is 4.79 Å². The van der Waals surface area contributed by atoms with Crippen LogP contribution in [0.3, 0.4) is 0 Å². The van der Waals surface area contributed by atoms with Gasteiger partial charge in [0.25, 0.3) is 0 Å². The van der Waals surface area contributed by atoms with Crippen molar-refractivity contribution in [1.29, 1.82) is 0 Å². The second kappa shape index (κ2) is 3.54. The molecule has 0 fully saturated rings. The van der Waals surface area contributed by atoms with Crippen LogP contribution < -0.4 is 4.74 Å². The minimum absolute atomic E-state index is 0.234. The van der Waals surface area contributed by atoms with E-state index in [1.54, 1.807) is 18.2 Å². The van der Waals surface area contributed by atoms with E-state index in [4.69, 9.17) is 11.2 Å². The fourth-order valence-electron chi connectivity index (χ4n) is 0.699. The molecule has 1 aromatic heterocycles. The Morgan fingerprint density at radius 1 is 1.67 bits per heavy atom. The van der Waals surface area contributed by atoms with Crippen molar-refractivity contribution in [2.45, 2.75) is 6.92 Å². The van der Waals surface area contributed by atoms with E-state index in [-0.39, 0.29) is 5.88 Å². The van der Waals surface area contributed by atoms with Crippen LogP contribution in [0.4, 0.5) is 0 Å². The van der Waals surface area contributed by atoms with Gasteiger partial charge in [0.1, 0.15) is 5.69 Å². The van der Waals surface area contributed by atoms with Gasteiger partial charge in [-0.3, -0.25) is 4.79 Å². The predicted molar refractivity (Wildman–Crippen MR) is 43.5 cm³/mol. The Bertz CT molecular complexity index is 339. The molecule has 1 heterocycles. The number of carbonyl (C=O) groups is 1. The number of ether oxygens (including phenoxy) is 1. The first-order valence-corrected chi connectivity index (χ1v) is 3.34. The Balaban J connectivity index is 2.88. The highest BCUT2D eigenvalue weighted by Crippen LogP contribution is 2.06. The van der Waals surface area contributed by atoms with Gasteiger partial charge in [-0.1, -0.05) is 12.0 Å². The molecule has 0 saturated heterocycles. The highest BCUT2D eigenvalue weighted by Gasteiger charge is 1.98. The van der Waals surface area contributed by atoms with Gasteiger partial charge < -0.3 is 4.74 Å². The van der Waals surface area contributed by atoms with E-state index >= 15 is 0 Å². The molecule has 0 aromatic carbocycles. The lowest BCUT2D eigenvalue weighted by atomic mass is 10.4. The van der Waals surface area contributed by atoms with Gasteiger partial charge in [-0.05, 0) is 6.07 Å². The third kappa shape index (κ3) is 2.10. The quantitative estimate of drug-likeness (QED) is 0.455. The summed E-state index contributed by atoms with van der Waals surface area (Å²) in [5, 5.41) is 0. The second-order valence-corrected chi connectivity index (χ2v) is 2.10. The summed E-state index contributed by atoms with van der Waals surface area (Å²) in [5.41, 5.74) is 0.453. The molecular formula is C9H7NO2. The van der Waals surface area contributed by atoms with Crippen LogP contribution in [0.5, 0.6) is 5.88 Å². The van der Waals surface area contributed by atoms with Gasteiger partial charge in [-0.25, -0.2) is 4.98 Å². The first-order valence-electron chi connectivity index (χ1n) is 3.34. The maximum atomic E-state index is 10.5. The van der Waals surface area contributed by atoms with Gasteiger partial charge in [0.15, 0.2) is 0 Å². The Morgan fingerprint density at radius 2 is 2.42 bits per heavy atom. The molecular weight excluding hydrogens is 154 g/mol. The van der Waals surface area contributed by atoms with Crippen LogP contribution >= 0.6 is 0 Å². The minimum atomic E-state index is -0.406. The van der Waals surface area contributed by atoms with Crippen molar-refractivity contribution in [3.8, 4) is 18.2 Å². The molecule has 0 aliphatic rings. The summed E-state index contributed by atoms with van der Waals surface area (Å²) < 4.78 is 4.71. The highest BCUT2D eigenvalue weighted by atomic mass is 16.5. The molecule has 0 aliphatic heterocycles. The third-order valence-corrected chi connectivity index (χ3v) is 1.12. The van der Waals surface area contributed by atoms with Crippen molar-refractivity contribution in [2.24, 2.45) is 0 Å². The fraction of sp³-hybridized carbons (Fsp3) is 0.111. The average Bonchev–Trinajstić information content (AvgIpc) is 2.03. The number of aromatic nitrogens is 1. The molecule has 12 heavy (non-hydrogen) atoms. The molecule has 0 amide bonds. The minimum Gasteiger partial charge on any atom is -0.408 e. The van der Waals surface area contributed by atoms with Crippen molar-refractivity contribution in [2.75, 3.05) is 0 Å². The van der Waals surface area contributed by atoms with Gasteiger partial charge in [-0.2, -0.15) is 0 Å². The van der Waals surface area contributed by atoms with Crippen LogP contribution in [0, 0.1) is 12.3 Å². The fourth-order valence-corrected chi connectivity index (χ4v) is 0.699. The van der Waals surface area contributed by atoms with Gasteiger partial charge >= 0.3 is 5.97 Å². The summed E-state index contributed by atoms with van der Waals surface area (Å²) in [7, 11) is 0. The number of pyridine rings is 1. The van der Waals surface area contributed by atoms with E-state index in [1.165, 1.54) is 6.92 Å². The number of nitrogens with zero attached hydrogens (tertiary/aromatic N) is 1. The molecule has 0 aliphatic carbocycles. The summed E-state index contributed by atoms with van der Waals surface area (Å²) in [4.78, 5) is 14.4. The first kappa shape index (κ1) is 8.28. The lowest BCUT2D eigenvalue weighted by molar-refractivity contribution is -0.132. The van der Waals surface area contributed by atoms with Crippen LogP contribution in [0.15, 0.2) is 18.2 Å². The summed E-state index contributed by atoms with van der Waals surface area (Å²) in [6, 6.07) is 4.91. The maximum Gasteiger partial charge on any atom is 0.309 e. The molecule has 0 bridgehead atoms. The molecule has 0 N–H and O–H groups in total. The van der Waals surface area contributed by atoms with Gasteiger partial charge in [0.05, 0.1) is 0 Å². The molecule has 60 valence electrons. The number of hydrogen-bond acceptors (Lipinski definition) is 3. The summed E-state index contributed by atoms with van der Waals surface area (Å²) in [5.74, 6) is 2.17. The number of terminal acetylenes is 1. The molecule has 0 radical (unpaired) electrons. The van der Waals surface area contributed by atoms with E-state index in [0.717, 1.165) is 0 Å². The van der Waals surface area contributed by atoms with E-state index in [9.17, 15) is 4.79 Å². The van der Waals surface area contributed by atoms with E-state index < -0.39 is 5.97 Å². The SMILES string of the molecule is C#Cc1cccc(OC(C)=O)n1. The number of hydrogen-bond donors (Lipinski definition) is 0. The lowest BCUT2D eigenvalue weighted by Gasteiger charge is -1.98. The van der Waals surface area contributed by atoms with Gasteiger partial charge in [-0.15, -0.1) is 6.42 Å². The van der Waals surface area contributed by atoms with Gasteiger partial charge in [0.2, 0.25) is 5.88 Å². The first-order chi connectivity index (χ1) is 5.72. The van der Waals surface area contributed by atoms with Crippen LogP contribution in [-0.4, -0.2) is 11.0 Å². The Labute approximate surface area is 70.4 Å². The maximum absolute atomic E-state index is 10.5. The third-order valence-electron chi connectivity index (χ3n) is 1.12. The zero-order valence-corrected chi connectivity index (χ0v) is 6.57. The van der Waals surface area contributed by atoms with E-state index in [0.29, 0.717) is 5.69 Å². The zero-order chi connectivity index (χ0) is 8.97. The highest BCUT2D eigenvalue weighted by molar-refractivity contribution is 5.68. The Morgan fingerprint density at radius 3 is 3.00 bits per heavy atom. The molecule has 1 aromatic rings. The van der Waals surface area contributed by atoms with E-state index in [2.05, 4.69) is 10.9 Å². The van der Waals surface area contributed by atoms with Crippen molar-refractivity contribution in [3.05, 3.63) is 23.9 Å².